The lowest BCUT2D eigenvalue weighted by molar-refractivity contribution is 0.0685. The van der Waals surface area contributed by atoms with Gasteiger partial charge in [-0.05, 0) is 31.7 Å². The first-order valence-electron chi connectivity index (χ1n) is 7.55. The van der Waals surface area contributed by atoms with Crippen molar-refractivity contribution < 1.29 is 4.74 Å². The Hall–Kier alpha value is -0.650. The topological polar surface area (TPSA) is 37.4 Å². The maximum absolute atomic E-state index is 5.43. The number of nitrogens with zero attached hydrogens (tertiary/aromatic N) is 2. The molecular weight excluding hydrogens is 270 g/mol. The number of nitrogens with one attached hydrogen (secondary N) is 1. The third-order valence-corrected chi connectivity index (χ3v) is 4.99. The van der Waals surface area contributed by atoms with E-state index >= 15 is 0 Å². The number of hydrogen-bond donors (Lipinski definition) is 1. The SMILES string of the molecule is CNCc1sc(N(C)CC2CCOCC2)nc1C(C)C. The summed E-state index contributed by atoms with van der Waals surface area (Å²) in [6.07, 6.45) is 2.35. The number of aromatic nitrogens is 1. The van der Waals surface area contributed by atoms with Crippen LogP contribution in [0.5, 0.6) is 0 Å². The van der Waals surface area contributed by atoms with Gasteiger partial charge in [-0.15, -0.1) is 11.3 Å². The van der Waals surface area contributed by atoms with Crippen LogP contribution in [0.4, 0.5) is 5.13 Å². The zero-order valence-corrected chi connectivity index (χ0v) is 13.9. The van der Waals surface area contributed by atoms with Crippen LogP contribution in [0.15, 0.2) is 0 Å². The summed E-state index contributed by atoms with van der Waals surface area (Å²) in [4.78, 5) is 8.56. The normalized spacial score (nSPS) is 16.9. The summed E-state index contributed by atoms with van der Waals surface area (Å²) >= 11 is 1.83. The number of thiazole rings is 1. The van der Waals surface area contributed by atoms with E-state index in [0.29, 0.717) is 5.92 Å². The quantitative estimate of drug-likeness (QED) is 0.876. The summed E-state index contributed by atoms with van der Waals surface area (Å²) < 4.78 is 5.43. The van der Waals surface area contributed by atoms with Gasteiger partial charge < -0.3 is 15.0 Å². The van der Waals surface area contributed by atoms with Crippen molar-refractivity contribution in [2.75, 3.05) is 38.8 Å². The van der Waals surface area contributed by atoms with Gasteiger partial charge in [0.15, 0.2) is 5.13 Å². The molecule has 0 bridgehead atoms. The van der Waals surface area contributed by atoms with E-state index < -0.39 is 0 Å². The molecule has 0 atom stereocenters. The van der Waals surface area contributed by atoms with Crippen LogP contribution in [-0.2, 0) is 11.3 Å². The van der Waals surface area contributed by atoms with Gasteiger partial charge >= 0.3 is 0 Å². The first kappa shape index (κ1) is 15.7. The van der Waals surface area contributed by atoms with E-state index in [9.17, 15) is 0 Å². The highest BCUT2D eigenvalue weighted by Crippen LogP contribution is 2.31. The van der Waals surface area contributed by atoms with Crippen molar-refractivity contribution >= 4 is 16.5 Å². The fourth-order valence-corrected chi connectivity index (χ4v) is 3.84. The van der Waals surface area contributed by atoms with Gasteiger partial charge in [0.25, 0.3) is 0 Å². The third kappa shape index (κ3) is 3.93. The number of anilines is 1. The van der Waals surface area contributed by atoms with Crippen LogP contribution in [0, 0.1) is 5.92 Å². The minimum Gasteiger partial charge on any atom is -0.381 e. The Labute approximate surface area is 126 Å². The number of hydrogen-bond acceptors (Lipinski definition) is 5. The Kier molecular flexibility index (Phi) is 5.81. The van der Waals surface area contributed by atoms with Gasteiger partial charge in [0.1, 0.15) is 0 Å². The molecule has 1 aliphatic rings. The van der Waals surface area contributed by atoms with Crippen molar-refractivity contribution in [3.8, 4) is 0 Å². The molecule has 2 rings (SSSR count). The minimum absolute atomic E-state index is 0.486. The molecule has 114 valence electrons. The van der Waals surface area contributed by atoms with Crippen LogP contribution >= 0.6 is 11.3 Å². The largest absolute Gasteiger partial charge is 0.381 e. The molecule has 1 aromatic heterocycles. The average Bonchev–Trinajstić information content (AvgIpc) is 2.85. The van der Waals surface area contributed by atoms with Crippen LogP contribution in [0.1, 0.15) is 43.2 Å². The fraction of sp³-hybridized carbons (Fsp3) is 0.800. The molecule has 1 aromatic rings. The molecule has 2 heterocycles. The van der Waals surface area contributed by atoms with Crippen LogP contribution in [0.3, 0.4) is 0 Å². The molecule has 0 aromatic carbocycles. The van der Waals surface area contributed by atoms with Crippen molar-refractivity contribution in [3.05, 3.63) is 10.6 Å². The highest BCUT2D eigenvalue weighted by molar-refractivity contribution is 7.15. The molecule has 5 heteroatoms. The molecule has 1 aliphatic heterocycles. The summed E-state index contributed by atoms with van der Waals surface area (Å²) in [5.41, 5.74) is 1.25. The molecule has 0 spiro atoms. The second kappa shape index (κ2) is 7.38. The van der Waals surface area contributed by atoms with Gasteiger partial charge in [-0.25, -0.2) is 4.98 Å². The summed E-state index contributed by atoms with van der Waals surface area (Å²) in [5, 5.41) is 4.41. The molecule has 0 aliphatic carbocycles. The van der Waals surface area contributed by atoms with Gasteiger partial charge in [-0.3, -0.25) is 0 Å². The predicted octanol–water partition coefficient (Wildman–Crippen LogP) is 2.85. The second-order valence-corrected chi connectivity index (χ2v) is 6.99. The Balaban J connectivity index is 2.04. The molecule has 0 radical (unpaired) electrons. The Morgan fingerprint density at radius 3 is 2.70 bits per heavy atom. The zero-order valence-electron chi connectivity index (χ0n) is 13.1. The fourth-order valence-electron chi connectivity index (χ4n) is 2.65. The first-order chi connectivity index (χ1) is 9.61. The lowest BCUT2D eigenvalue weighted by atomic mass is 10.0. The van der Waals surface area contributed by atoms with E-state index in [0.717, 1.165) is 37.4 Å². The van der Waals surface area contributed by atoms with Crippen LogP contribution in [0.25, 0.3) is 0 Å². The van der Waals surface area contributed by atoms with E-state index in [-0.39, 0.29) is 0 Å². The third-order valence-electron chi connectivity index (χ3n) is 3.80. The van der Waals surface area contributed by atoms with E-state index in [1.165, 1.54) is 23.4 Å². The molecule has 4 nitrogen and oxygen atoms in total. The van der Waals surface area contributed by atoms with E-state index in [1.54, 1.807) is 0 Å². The van der Waals surface area contributed by atoms with Gasteiger partial charge in [0.05, 0.1) is 5.69 Å². The Bertz CT molecular complexity index is 413. The van der Waals surface area contributed by atoms with Gasteiger partial charge in [0, 0.05) is 38.2 Å². The van der Waals surface area contributed by atoms with Crippen molar-refractivity contribution in [1.29, 1.82) is 0 Å². The van der Waals surface area contributed by atoms with Crippen LogP contribution in [0.2, 0.25) is 0 Å². The predicted molar refractivity (Wildman–Crippen MR) is 85.8 cm³/mol. The molecule has 20 heavy (non-hydrogen) atoms. The molecule has 0 amide bonds. The van der Waals surface area contributed by atoms with Gasteiger partial charge in [-0.2, -0.15) is 0 Å². The summed E-state index contributed by atoms with van der Waals surface area (Å²) in [5.74, 6) is 1.23. The maximum Gasteiger partial charge on any atom is 0.185 e. The first-order valence-corrected chi connectivity index (χ1v) is 8.36. The van der Waals surface area contributed by atoms with E-state index in [1.807, 2.05) is 18.4 Å². The summed E-state index contributed by atoms with van der Waals surface area (Å²) in [7, 11) is 4.16. The summed E-state index contributed by atoms with van der Waals surface area (Å²) in [6.45, 7) is 8.27. The highest BCUT2D eigenvalue weighted by atomic mass is 32.1. The molecular formula is C15H27N3OS. The lowest BCUT2D eigenvalue weighted by Gasteiger charge is -2.26. The summed E-state index contributed by atoms with van der Waals surface area (Å²) in [6, 6.07) is 0. The molecule has 1 N–H and O–H groups in total. The van der Waals surface area contributed by atoms with Crippen molar-refractivity contribution in [1.82, 2.24) is 10.3 Å². The number of ether oxygens (including phenoxy) is 1. The van der Waals surface area contributed by atoms with Crippen LogP contribution < -0.4 is 10.2 Å². The number of rotatable bonds is 6. The van der Waals surface area contributed by atoms with Crippen molar-refractivity contribution in [2.45, 2.75) is 39.2 Å². The van der Waals surface area contributed by atoms with E-state index in [2.05, 4.69) is 31.1 Å². The van der Waals surface area contributed by atoms with Crippen molar-refractivity contribution in [3.63, 3.8) is 0 Å². The minimum atomic E-state index is 0.486. The second-order valence-electron chi connectivity index (χ2n) is 5.93. The standard InChI is InChI=1S/C15H27N3OS/c1-11(2)14-13(9-16-3)20-15(17-14)18(4)10-12-5-7-19-8-6-12/h11-12,16H,5-10H2,1-4H3. The molecule has 1 saturated heterocycles. The lowest BCUT2D eigenvalue weighted by Crippen LogP contribution is -2.29. The molecule has 0 saturated carbocycles. The maximum atomic E-state index is 5.43. The average molecular weight is 297 g/mol. The van der Waals surface area contributed by atoms with Gasteiger partial charge in [0.2, 0.25) is 0 Å². The van der Waals surface area contributed by atoms with E-state index in [4.69, 9.17) is 9.72 Å². The molecule has 1 fully saturated rings. The highest BCUT2D eigenvalue weighted by Gasteiger charge is 2.20. The smallest absolute Gasteiger partial charge is 0.185 e. The Morgan fingerprint density at radius 1 is 1.40 bits per heavy atom. The molecule has 0 unspecified atom stereocenters. The zero-order chi connectivity index (χ0) is 14.5. The van der Waals surface area contributed by atoms with Crippen molar-refractivity contribution in [2.24, 2.45) is 5.92 Å². The van der Waals surface area contributed by atoms with Crippen LogP contribution in [-0.4, -0.2) is 38.8 Å². The monoisotopic (exact) mass is 297 g/mol. The Morgan fingerprint density at radius 2 is 2.10 bits per heavy atom. The van der Waals surface area contributed by atoms with Gasteiger partial charge in [-0.1, -0.05) is 13.8 Å².